The molecular formula is C17H28Cl3N3OTi. The minimum Gasteiger partial charge on any atom is -1.00 e. The summed E-state index contributed by atoms with van der Waals surface area (Å²) in [5, 5.41) is 3.55. The van der Waals surface area contributed by atoms with Gasteiger partial charge in [0, 0.05) is 0 Å². The van der Waals surface area contributed by atoms with Crippen LogP contribution in [0.5, 0.6) is 5.75 Å². The van der Waals surface area contributed by atoms with E-state index in [1.807, 2.05) is 30.3 Å². The maximum Gasteiger partial charge on any atom is -1.00 e. The number of nitrogens with one attached hydrogen (secondary N) is 1. The number of hydrogen-bond donors (Lipinski definition) is 1. The Morgan fingerprint density at radius 2 is 1.60 bits per heavy atom. The fourth-order valence-corrected chi connectivity index (χ4v) is 3.28. The van der Waals surface area contributed by atoms with Gasteiger partial charge in [0.05, 0.1) is 0 Å². The van der Waals surface area contributed by atoms with Crippen LogP contribution in [0.3, 0.4) is 0 Å². The third-order valence-electron chi connectivity index (χ3n) is 4.21. The number of hydrogen-bond acceptors (Lipinski definition) is 4. The van der Waals surface area contributed by atoms with Crippen molar-refractivity contribution in [2.75, 3.05) is 46.8 Å². The number of benzene rings is 1. The fraction of sp³-hybridized carbons (Fsp3) is 0.647. The molecule has 0 bridgehead atoms. The van der Waals surface area contributed by atoms with E-state index in [-0.39, 0.29) is 41.3 Å². The Morgan fingerprint density at radius 1 is 0.960 bits per heavy atom. The van der Waals surface area contributed by atoms with Gasteiger partial charge in [-0.1, -0.05) is 0 Å². The van der Waals surface area contributed by atoms with Crippen molar-refractivity contribution in [3.05, 3.63) is 30.3 Å². The number of nitrogens with zero attached hydrogens (tertiary/aromatic N) is 2. The molecule has 8 heteroatoms. The monoisotopic (exact) mass is 443 g/mol. The maximum atomic E-state index is 6.36. The van der Waals surface area contributed by atoms with Crippen LogP contribution in [-0.4, -0.2) is 60.6 Å². The van der Waals surface area contributed by atoms with Gasteiger partial charge in [-0.25, -0.2) is 0 Å². The minimum atomic E-state index is -0.272. The predicted molar refractivity (Wildman–Crippen MR) is 86.6 cm³/mol. The zero-order valence-electron chi connectivity index (χ0n) is 15.0. The molecule has 2 rings (SSSR count). The molecule has 1 fully saturated rings. The smallest absolute Gasteiger partial charge is 1.00 e. The Labute approximate surface area is 183 Å². The summed E-state index contributed by atoms with van der Waals surface area (Å²) in [7, 11) is 4.39. The van der Waals surface area contributed by atoms with Gasteiger partial charge >= 0.3 is 146 Å². The summed E-state index contributed by atoms with van der Waals surface area (Å²) < 4.78 is 6.09. The maximum absolute atomic E-state index is 6.36. The van der Waals surface area contributed by atoms with Gasteiger partial charge in [0.25, 0.3) is 0 Å². The Bertz CT molecular complexity index is 444. The van der Waals surface area contributed by atoms with Gasteiger partial charge in [-0.3, -0.25) is 0 Å². The van der Waals surface area contributed by atoms with Crippen molar-refractivity contribution < 1.29 is 62.4 Å². The Morgan fingerprint density at radius 3 is 2.28 bits per heavy atom. The molecule has 0 saturated carbocycles. The molecule has 142 valence electrons. The minimum absolute atomic E-state index is 0. The van der Waals surface area contributed by atoms with E-state index in [2.05, 4.69) is 49.6 Å². The van der Waals surface area contributed by atoms with Crippen LogP contribution in [-0.2, 0) is 20.4 Å². The first kappa shape index (κ1) is 27.7. The van der Waals surface area contributed by atoms with Gasteiger partial charge < -0.3 is 37.2 Å². The molecule has 1 heterocycles. The second-order valence-electron chi connectivity index (χ2n) is 6.13. The van der Waals surface area contributed by atoms with Crippen LogP contribution in [0.2, 0.25) is 0 Å². The first-order chi connectivity index (χ1) is 10.6. The number of halogens is 3. The first-order valence-electron chi connectivity index (χ1n) is 8.20. The van der Waals surface area contributed by atoms with E-state index in [0.29, 0.717) is 0 Å². The molecule has 0 spiro atoms. The van der Waals surface area contributed by atoms with Crippen molar-refractivity contribution in [3.8, 4) is 5.75 Å². The molecule has 0 radical (unpaired) electrons. The summed E-state index contributed by atoms with van der Waals surface area (Å²) in [5.41, 5.74) is 0. The average Bonchev–Trinajstić information content (AvgIpc) is 2.50. The van der Waals surface area contributed by atoms with E-state index < -0.39 is 0 Å². The van der Waals surface area contributed by atoms with Crippen molar-refractivity contribution in [2.24, 2.45) is 0 Å². The Hall–Kier alpha value is 0.484. The molecule has 1 saturated heterocycles. The summed E-state index contributed by atoms with van der Waals surface area (Å²) >= 11 is 2.21. The van der Waals surface area contributed by atoms with Crippen LogP contribution in [0.1, 0.15) is 19.3 Å². The van der Waals surface area contributed by atoms with Crippen LogP contribution in [0.15, 0.2) is 30.3 Å². The van der Waals surface area contributed by atoms with Crippen LogP contribution in [0, 0.1) is 0 Å². The molecule has 4 nitrogen and oxygen atoms in total. The van der Waals surface area contributed by atoms with E-state index >= 15 is 0 Å². The van der Waals surface area contributed by atoms with Crippen molar-refractivity contribution in [3.63, 3.8) is 0 Å². The third kappa shape index (κ3) is 9.83. The Balaban J connectivity index is 0. The molecule has 1 atom stereocenters. The van der Waals surface area contributed by atoms with Gasteiger partial charge in [-0.2, -0.15) is 0 Å². The van der Waals surface area contributed by atoms with Crippen molar-refractivity contribution in [1.29, 1.82) is 0 Å². The van der Waals surface area contributed by atoms with Gasteiger partial charge in [0.2, 0.25) is 0 Å². The summed E-state index contributed by atoms with van der Waals surface area (Å²) in [4.78, 5) is 4.78. The van der Waals surface area contributed by atoms with Crippen LogP contribution < -0.4 is 47.3 Å². The summed E-state index contributed by atoms with van der Waals surface area (Å²) in [6.45, 7) is 5.43. The van der Waals surface area contributed by atoms with Crippen molar-refractivity contribution in [2.45, 2.75) is 23.3 Å². The molecule has 1 aromatic rings. The second kappa shape index (κ2) is 14.5. The molecule has 1 aromatic carbocycles. The summed E-state index contributed by atoms with van der Waals surface area (Å²) in [5.74, 6) is 0.945. The predicted octanol–water partition coefficient (Wildman–Crippen LogP) is -7.08. The molecule has 25 heavy (non-hydrogen) atoms. The van der Waals surface area contributed by atoms with E-state index in [1.165, 1.54) is 19.4 Å². The third-order valence-corrected chi connectivity index (χ3v) is 5.36. The largest absolute Gasteiger partial charge is 1.00 e. The normalized spacial score (nSPS) is 23.7. The van der Waals surface area contributed by atoms with Crippen LogP contribution >= 0.6 is 0 Å². The SMILES string of the molecule is CN1CCCNCC[C]([Ti+3])(Oc2ccccc2)N(C)CCC1.[Cl-].[Cl-].[Cl-]. The van der Waals surface area contributed by atoms with Crippen LogP contribution in [0.4, 0.5) is 0 Å². The standard InChI is InChI=1S/C17H28N3O.3ClH.Ti/c1-19-13-6-11-18-12-10-17(20(2)15-7-14-19)21-16-8-4-3-5-9-16;;;;/h3-5,8-9,18H,6-7,10-15H2,1-2H3;3*1H;/q;;;;+3/p-3. The number of para-hydroxylation sites is 1. The summed E-state index contributed by atoms with van der Waals surface area (Å²) in [6.07, 6.45) is 3.37. The second-order valence-corrected chi connectivity index (χ2v) is 7.35. The quantitative estimate of drug-likeness (QED) is 0.459. The van der Waals surface area contributed by atoms with E-state index in [4.69, 9.17) is 4.74 Å². The van der Waals surface area contributed by atoms with Gasteiger partial charge in [0.1, 0.15) is 0 Å². The van der Waals surface area contributed by atoms with Crippen molar-refractivity contribution >= 4 is 0 Å². The molecule has 1 aliphatic heterocycles. The molecule has 1 aliphatic rings. The van der Waals surface area contributed by atoms with E-state index in [1.54, 1.807) is 0 Å². The fourth-order valence-electron chi connectivity index (χ4n) is 2.73. The zero-order valence-corrected chi connectivity index (χ0v) is 18.8. The molecule has 1 N–H and O–H groups in total. The molecule has 0 amide bonds. The first-order valence-corrected chi connectivity index (χ1v) is 8.98. The molecule has 1 unspecified atom stereocenters. The molecule has 0 aromatic heterocycles. The number of rotatable bonds is 2. The van der Waals surface area contributed by atoms with Gasteiger partial charge in [-0.05, 0) is 0 Å². The summed E-state index contributed by atoms with van der Waals surface area (Å²) in [6, 6.07) is 10.2. The van der Waals surface area contributed by atoms with Gasteiger partial charge in [-0.15, -0.1) is 0 Å². The van der Waals surface area contributed by atoms with Gasteiger partial charge in [0.15, 0.2) is 0 Å². The van der Waals surface area contributed by atoms with Crippen molar-refractivity contribution in [1.82, 2.24) is 15.1 Å². The van der Waals surface area contributed by atoms with Crippen LogP contribution in [0.25, 0.3) is 0 Å². The topological polar surface area (TPSA) is 27.7 Å². The zero-order chi connectivity index (χ0) is 15.8. The molecular weight excluding hydrogens is 416 g/mol. The van der Waals surface area contributed by atoms with E-state index in [9.17, 15) is 0 Å². The van der Waals surface area contributed by atoms with E-state index in [0.717, 1.165) is 38.3 Å². The molecule has 0 aliphatic carbocycles. The Kier molecular flexibility index (Phi) is 16.1. The number of ether oxygens (including phenoxy) is 1. The average molecular weight is 445 g/mol.